The van der Waals surface area contributed by atoms with Gasteiger partial charge in [-0.15, -0.1) is 0 Å². The normalized spacial score (nSPS) is 11.0. The second kappa shape index (κ2) is 7.90. The molecule has 0 N–H and O–H groups in total. The van der Waals surface area contributed by atoms with Crippen LogP contribution in [-0.4, -0.2) is 16.1 Å². The molecule has 0 bridgehead atoms. The predicted molar refractivity (Wildman–Crippen MR) is 92.2 cm³/mol. The second-order valence-electron chi connectivity index (χ2n) is 6.42. The Labute approximate surface area is 143 Å². The van der Waals surface area contributed by atoms with Crippen LogP contribution >= 0.6 is 0 Å². The van der Waals surface area contributed by atoms with Gasteiger partial charge in [0.05, 0.1) is 5.69 Å². The first-order chi connectivity index (χ1) is 11.4. The number of aromatic nitrogens is 2. The van der Waals surface area contributed by atoms with Gasteiger partial charge in [0.15, 0.2) is 0 Å². The SMILES string of the molecule is Cc1ccc(COC(=O)Oc2nc(C(C)C)cnc2C(C)C)cc1. The molecule has 0 radical (unpaired) electrons. The first kappa shape index (κ1) is 17.9. The van der Waals surface area contributed by atoms with E-state index in [4.69, 9.17) is 9.47 Å². The first-order valence-corrected chi connectivity index (χ1v) is 8.13. The van der Waals surface area contributed by atoms with Crippen molar-refractivity contribution in [1.82, 2.24) is 9.97 Å². The molecule has 2 aromatic rings. The van der Waals surface area contributed by atoms with E-state index in [1.54, 1.807) is 6.20 Å². The zero-order valence-corrected chi connectivity index (χ0v) is 14.9. The Morgan fingerprint density at radius 1 is 1.08 bits per heavy atom. The Balaban J connectivity index is 2.06. The fourth-order valence-corrected chi connectivity index (χ4v) is 2.08. The van der Waals surface area contributed by atoms with Crippen LogP contribution in [0, 0.1) is 6.92 Å². The molecule has 0 atom stereocenters. The van der Waals surface area contributed by atoms with Crippen LogP contribution in [0.1, 0.15) is 62.0 Å². The third-order valence-electron chi connectivity index (χ3n) is 3.58. The van der Waals surface area contributed by atoms with Gasteiger partial charge in [-0.05, 0) is 18.4 Å². The minimum absolute atomic E-state index is 0.0959. The molecule has 5 nitrogen and oxygen atoms in total. The quantitative estimate of drug-likeness (QED) is 0.741. The third-order valence-corrected chi connectivity index (χ3v) is 3.58. The number of carbonyl (C=O) groups is 1. The lowest BCUT2D eigenvalue weighted by atomic mass is 10.1. The molecular weight excluding hydrogens is 304 g/mol. The number of ether oxygens (including phenoxy) is 2. The maximum Gasteiger partial charge on any atom is 0.515 e. The van der Waals surface area contributed by atoms with E-state index in [1.165, 1.54) is 0 Å². The summed E-state index contributed by atoms with van der Waals surface area (Å²) >= 11 is 0. The van der Waals surface area contributed by atoms with Crippen LogP contribution in [0.3, 0.4) is 0 Å². The number of nitrogens with zero attached hydrogens (tertiary/aromatic N) is 2. The van der Waals surface area contributed by atoms with Crippen LogP contribution in [0.4, 0.5) is 4.79 Å². The summed E-state index contributed by atoms with van der Waals surface area (Å²) in [6.07, 6.45) is 0.956. The molecule has 0 spiro atoms. The number of aryl methyl sites for hydroxylation is 1. The van der Waals surface area contributed by atoms with Gasteiger partial charge in [0.25, 0.3) is 0 Å². The van der Waals surface area contributed by atoms with E-state index in [9.17, 15) is 4.79 Å². The van der Waals surface area contributed by atoms with Crippen molar-refractivity contribution >= 4 is 6.16 Å². The van der Waals surface area contributed by atoms with Crippen LogP contribution in [0.2, 0.25) is 0 Å². The number of carbonyl (C=O) groups excluding carboxylic acids is 1. The minimum atomic E-state index is -0.771. The van der Waals surface area contributed by atoms with E-state index in [0.717, 1.165) is 16.8 Å². The largest absolute Gasteiger partial charge is 0.515 e. The standard InChI is InChI=1S/C19H24N2O3/c1-12(2)16-10-20-17(13(3)4)18(21-16)24-19(22)23-11-15-8-6-14(5)7-9-15/h6-10,12-13H,11H2,1-5H3. The Morgan fingerprint density at radius 3 is 2.33 bits per heavy atom. The molecule has 1 aromatic heterocycles. The number of hydrogen-bond acceptors (Lipinski definition) is 5. The highest BCUT2D eigenvalue weighted by Crippen LogP contribution is 2.24. The van der Waals surface area contributed by atoms with Crippen LogP contribution in [0.5, 0.6) is 5.88 Å². The van der Waals surface area contributed by atoms with Crippen molar-refractivity contribution in [3.05, 3.63) is 53.0 Å². The van der Waals surface area contributed by atoms with E-state index >= 15 is 0 Å². The average molecular weight is 328 g/mol. The number of rotatable bonds is 5. The lowest BCUT2D eigenvalue weighted by molar-refractivity contribution is 0.0905. The summed E-state index contributed by atoms with van der Waals surface area (Å²) in [6, 6.07) is 7.78. The molecule has 128 valence electrons. The molecule has 0 aliphatic rings. The van der Waals surface area contributed by atoms with Crippen LogP contribution < -0.4 is 4.74 Å². The summed E-state index contributed by atoms with van der Waals surface area (Å²) in [7, 11) is 0. The lowest BCUT2D eigenvalue weighted by Crippen LogP contribution is -2.15. The van der Waals surface area contributed by atoms with Gasteiger partial charge < -0.3 is 9.47 Å². The molecule has 0 fully saturated rings. The topological polar surface area (TPSA) is 61.3 Å². The highest BCUT2D eigenvalue weighted by molar-refractivity contribution is 5.63. The second-order valence-corrected chi connectivity index (χ2v) is 6.42. The number of benzene rings is 1. The fourth-order valence-electron chi connectivity index (χ4n) is 2.08. The highest BCUT2D eigenvalue weighted by Gasteiger charge is 2.18. The first-order valence-electron chi connectivity index (χ1n) is 8.13. The molecule has 0 aliphatic carbocycles. The van der Waals surface area contributed by atoms with E-state index in [2.05, 4.69) is 9.97 Å². The van der Waals surface area contributed by atoms with Crippen molar-refractivity contribution in [2.24, 2.45) is 0 Å². The van der Waals surface area contributed by atoms with Gasteiger partial charge in [-0.1, -0.05) is 57.5 Å². The summed E-state index contributed by atoms with van der Waals surface area (Å²) in [6.45, 7) is 10.1. The van der Waals surface area contributed by atoms with Gasteiger partial charge in [-0.3, -0.25) is 4.98 Å². The van der Waals surface area contributed by atoms with E-state index < -0.39 is 6.16 Å². The number of hydrogen-bond donors (Lipinski definition) is 0. The summed E-state index contributed by atoms with van der Waals surface area (Å²) < 4.78 is 10.5. The van der Waals surface area contributed by atoms with Crippen LogP contribution in [0.15, 0.2) is 30.5 Å². The fraction of sp³-hybridized carbons (Fsp3) is 0.421. The van der Waals surface area contributed by atoms with Crippen molar-refractivity contribution in [2.45, 2.75) is 53.1 Å². The summed E-state index contributed by atoms with van der Waals surface area (Å²) in [5.74, 6) is 0.522. The molecule has 5 heteroatoms. The van der Waals surface area contributed by atoms with Gasteiger partial charge in [0.1, 0.15) is 12.3 Å². The zero-order chi connectivity index (χ0) is 17.7. The molecule has 1 heterocycles. The zero-order valence-electron chi connectivity index (χ0n) is 14.9. The van der Waals surface area contributed by atoms with Gasteiger partial charge >= 0.3 is 6.16 Å². The Morgan fingerprint density at radius 2 is 1.75 bits per heavy atom. The predicted octanol–water partition coefficient (Wildman–Crippen LogP) is 4.75. The molecular formula is C19H24N2O3. The smallest absolute Gasteiger partial charge is 0.429 e. The van der Waals surface area contributed by atoms with Crippen molar-refractivity contribution in [3.8, 4) is 5.88 Å². The average Bonchev–Trinajstić information content (AvgIpc) is 2.54. The summed E-state index contributed by atoms with van der Waals surface area (Å²) in [4.78, 5) is 20.8. The summed E-state index contributed by atoms with van der Waals surface area (Å²) in [5, 5.41) is 0. The summed E-state index contributed by atoms with van der Waals surface area (Å²) in [5.41, 5.74) is 3.49. The van der Waals surface area contributed by atoms with E-state index in [0.29, 0.717) is 5.69 Å². The van der Waals surface area contributed by atoms with E-state index in [-0.39, 0.29) is 24.3 Å². The van der Waals surface area contributed by atoms with Crippen molar-refractivity contribution in [1.29, 1.82) is 0 Å². The molecule has 0 unspecified atom stereocenters. The highest BCUT2D eigenvalue weighted by atomic mass is 16.7. The Kier molecular flexibility index (Phi) is 5.90. The molecule has 1 aromatic carbocycles. The van der Waals surface area contributed by atoms with E-state index in [1.807, 2.05) is 58.9 Å². The molecule has 0 amide bonds. The molecule has 0 saturated carbocycles. The van der Waals surface area contributed by atoms with Crippen LogP contribution in [-0.2, 0) is 11.3 Å². The maximum absolute atomic E-state index is 12.0. The minimum Gasteiger partial charge on any atom is -0.429 e. The van der Waals surface area contributed by atoms with Crippen molar-refractivity contribution < 1.29 is 14.3 Å². The van der Waals surface area contributed by atoms with Gasteiger partial charge in [-0.25, -0.2) is 9.78 Å². The maximum atomic E-state index is 12.0. The lowest BCUT2D eigenvalue weighted by Gasteiger charge is -2.13. The third kappa shape index (κ3) is 4.78. The molecule has 24 heavy (non-hydrogen) atoms. The molecule has 2 rings (SSSR count). The monoisotopic (exact) mass is 328 g/mol. The Hall–Kier alpha value is -2.43. The van der Waals surface area contributed by atoms with Crippen molar-refractivity contribution in [2.75, 3.05) is 0 Å². The van der Waals surface area contributed by atoms with Crippen LogP contribution in [0.25, 0.3) is 0 Å². The van der Waals surface area contributed by atoms with Crippen molar-refractivity contribution in [3.63, 3.8) is 0 Å². The van der Waals surface area contributed by atoms with Gasteiger partial charge in [-0.2, -0.15) is 0 Å². The van der Waals surface area contributed by atoms with Gasteiger partial charge in [0, 0.05) is 12.1 Å². The Bertz CT molecular complexity index is 694. The van der Waals surface area contributed by atoms with Gasteiger partial charge in [0.2, 0.25) is 5.88 Å². The molecule has 0 saturated heterocycles. The molecule has 0 aliphatic heterocycles.